The van der Waals surface area contributed by atoms with Crippen LogP contribution in [0.1, 0.15) is 39.2 Å². The lowest BCUT2D eigenvalue weighted by Gasteiger charge is -2.34. The van der Waals surface area contributed by atoms with Crippen molar-refractivity contribution in [2.75, 3.05) is 25.1 Å². The maximum Gasteiger partial charge on any atom is 0.264 e. The number of ether oxygens (including phenoxy) is 2. The Bertz CT molecular complexity index is 1570. The van der Waals surface area contributed by atoms with E-state index < -0.39 is 40.2 Å². The van der Waals surface area contributed by atoms with Gasteiger partial charge in [-0.15, -0.1) is 0 Å². The van der Waals surface area contributed by atoms with E-state index in [1.54, 1.807) is 19.1 Å². The van der Waals surface area contributed by atoms with Crippen molar-refractivity contribution in [3.8, 4) is 11.5 Å². The molecule has 238 valence electrons. The van der Waals surface area contributed by atoms with Gasteiger partial charge in [0.2, 0.25) is 11.8 Å². The molecule has 0 fully saturated rings. The van der Waals surface area contributed by atoms with Gasteiger partial charge in [-0.05, 0) is 73.9 Å². The van der Waals surface area contributed by atoms with Gasteiger partial charge in [0.05, 0.1) is 24.8 Å². The van der Waals surface area contributed by atoms with E-state index in [0.717, 1.165) is 16.4 Å². The van der Waals surface area contributed by atoms with Gasteiger partial charge in [-0.25, -0.2) is 12.8 Å². The van der Waals surface area contributed by atoms with E-state index in [1.165, 1.54) is 55.5 Å². The highest BCUT2D eigenvalue weighted by Gasteiger charge is 2.34. The molecule has 2 amide bonds. The third-order valence-corrected chi connectivity index (χ3v) is 9.44. The first kappa shape index (κ1) is 34.9. The van der Waals surface area contributed by atoms with Crippen molar-refractivity contribution in [2.45, 2.75) is 57.1 Å². The molecule has 0 bridgehead atoms. The average Bonchev–Trinajstić information content (AvgIpc) is 3.00. The Hall–Kier alpha value is -3.54. The van der Waals surface area contributed by atoms with E-state index >= 15 is 0 Å². The number of hydrogen-bond donors (Lipinski definition) is 1. The molecule has 0 aliphatic carbocycles. The highest BCUT2D eigenvalue weighted by atomic mass is 35.5. The Balaban J connectivity index is 2.12. The summed E-state index contributed by atoms with van der Waals surface area (Å²) in [4.78, 5) is 28.7. The zero-order valence-corrected chi connectivity index (χ0v) is 27.5. The number of sulfonamides is 1. The highest BCUT2D eigenvalue weighted by molar-refractivity contribution is 7.92. The fourth-order valence-electron chi connectivity index (χ4n) is 4.43. The number of benzene rings is 3. The van der Waals surface area contributed by atoms with Crippen molar-refractivity contribution in [1.82, 2.24) is 10.2 Å². The summed E-state index contributed by atoms with van der Waals surface area (Å²) < 4.78 is 53.5. The van der Waals surface area contributed by atoms with Crippen LogP contribution in [0, 0.1) is 5.82 Å². The van der Waals surface area contributed by atoms with Crippen molar-refractivity contribution in [3.63, 3.8) is 0 Å². The summed E-state index contributed by atoms with van der Waals surface area (Å²) in [5, 5.41) is 3.58. The summed E-state index contributed by atoms with van der Waals surface area (Å²) in [5.41, 5.74) is 0.548. The van der Waals surface area contributed by atoms with Gasteiger partial charge < -0.3 is 19.7 Å². The molecule has 0 aromatic heterocycles. The van der Waals surface area contributed by atoms with Gasteiger partial charge in [0.1, 0.15) is 18.4 Å². The van der Waals surface area contributed by atoms with E-state index in [4.69, 9.17) is 32.7 Å². The smallest absolute Gasteiger partial charge is 0.264 e. The minimum atomic E-state index is -4.43. The van der Waals surface area contributed by atoms with Crippen molar-refractivity contribution in [3.05, 3.63) is 82.1 Å². The largest absolute Gasteiger partial charge is 0.493 e. The maximum atomic E-state index is 14.2. The summed E-state index contributed by atoms with van der Waals surface area (Å²) in [6.45, 7) is 4.71. The number of carbonyl (C=O) groups excluding carboxylic acids is 2. The van der Waals surface area contributed by atoms with Crippen LogP contribution < -0.4 is 19.1 Å². The molecule has 13 heteroatoms. The topological polar surface area (TPSA) is 105 Å². The quantitative estimate of drug-likeness (QED) is 0.224. The molecule has 0 spiro atoms. The molecule has 0 radical (unpaired) electrons. The molecular weight excluding hydrogens is 632 g/mol. The second-order valence-electron chi connectivity index (χ2n) is 10.0. The maximum absolute atomic E-state index is 14.2. The first-order chi connectivity index (χ1) is 20.9. The number of amides is 2. The zero-order valence-electron chi connectivity index (χ0n) is 25.1. The summed E-state index contributed by atoms with van der Waals surface area (Å²) in [6.07, 6.45) is 0.902. The molecular formula is C31H36Cl2FN3O6S. The van der Waals surface area contributed by atoms with Gasteiger partial charge in [-0.2, -0.15) is 0 Å². The molecule has 3 aromatic rings. The number of hydrogen-bond acceptors (Lipinski definition) is 6. The summed E-state index contributed by atoms with van der Waals surface area (Å²) in [7, 11) is -1.65. The number of halogens is 3. The molecule has 44 heavy (non-hydrogen) atoms. The Morgan fingerprint density at radius 2 is 1.59 bits per heavy atom. The van der Waals surface area contributed by atoms with Crippen LogP contribution in [0.15, 0.2) is 65.6 Å². The standard InChI is InChI=1S/C31H36Cl2FN3O6S/c1-6-20(3)35-31(39)27(7-2)36(18-21-8-9-22(32)16-26(21)33)30(38)19-37(24-12-10-23(34)11-13-24)44(40,41)25-14-15-28(42-4)29(17-25)43-5/h8-17,20,27H,6-7,18-19H2,1-5H3,(H,35,39)/t20-,27-/m0/s1. The number of methoxy groups -OCH3 is 2. The van der Waals surface area contributed by atoms with E-state index in [9.17, 15) is 22.4 Å². The van der Waals surface area contributed by atoms with Crippen LogP contribution in [0.4, 0.5) is 10.1 Å². The van der Waals surface area contributed by atoms with E-state index in [-0.39, 0.29) is 40.4 Å². The molecule has 0 saturated heterocycles. The third-order valence-electron chi connectivity index (χ3n) is 7.08. The Labute approximate surface area is 267 Å². The van der Waals surface area contributed by atoms with Crippen LogP contribution in [0.2, 0.25) is 10.0 Å². The molecule has 0 heterocycles. The molecule has 0 saturated carbocycles. The van der Waals surface area contributed by atoms with Crippen molar-refractivity contribution < 1.29 is 31.9 Å². The Kier molecular flexibility index (Phi) is 12.3. The van der Waals surface area contributed by atoms with Crippen LogP contribution in [-0.2, 0) is 26.2 Å². The van der Waals surface area contributed by atoms with E-state index in [1.807, 2.05) is 13.8 Å². The van der Waals surface area contributed by atoms with Gasteiger partial charge in [0, 0.05) is 28.7 Å². The van der Waals surface area contributed by atoms with E-state index in [2.05, 4.69) is 5.32 Å². The molecule has 0 aliphatic heterocycles. The minimum absolute atomic E-state index is 0.0381. The van der Waals surface area contributed by atoms with Crippen LogP contribution in [0.5, 0.6) is 11.5 Å². The second-order valence-corrected chi connectivity index (χ2v) is 12.7. The van der Waals surface area contributed by atoms with Crippen LogP contribution >= 0.6 is 23.2 Å². The Morgan fingerprint density at radius 3 is 2.16 bits per heavy atom. The molecule has 9 nitrogen and oxygen atoms in total. The first-order valence-electron chi connectivity index (χ1n) is 13.9. The predicted molar refractivity (Wildman–Crippen MR) is 169 cm³/mol. The number of rotatable bonds is 14. The summed E-state index contributed by atoms with van der Waals surface area (Å²) >= 11 is 12.5. The van der Waals surface area contributed by atoms with Crippen molar-refractivity contribution in [2.24, 2.45) is 0 Å². The third kappa shape index (κ3) is 8.34. The number of nitrogens with zero attached hydrogens (tertiary/aromatic N) is 2. The SMILES string of the molecule is CC[C@H](C)NC(=O)[C@H](CC)N(Cc1ccc(Cl)cc1Cl)C(=O)CN(c1ccc(F)cc1)S(=O)(=O)c1ccc(OC)c(OC)c1. The van der Waals surface area contributed by atoms with Crippen LogP contribution in [0.3, 0.4) is 0 Å². The van der Waals surface area contributed by atoms with Crippen molar-refractivity contribution >= 4 is 50.7 Å². The highest BCUT2D eigenvalue weighted by Crippen LogP contribution is 2.33. The summed E-state index contributed by atoms with van der Waals surface area (Å²) in [5.74, 6) is -1.20. The molecule has 3 aromatic carbocycles. The van der Waals surface area contributed by atoms with Gasteiger partial charge in [-0.1, -0.05) is 43.1 Å². The number of anilines is 1. The van der Waals surface area contributed by atoms with Crippen molar-refractivity contribution in [1.29, 1.82) is 0 Å². The average molecular weight is 669 g/mol. The lowest BCUT2D eigenvalue weighted by Crippen LogP contribution is -2.53. The van der Waals surface area contributed by atoms with Crippen LogP contribution in [0.25, 0.3) is 0 Å². The van der Waals surface area contributed by atoms with Crippen LogP contribution in [-0.4, -0.2) is 58.0 Å². The number of nitrogens with one attached hydrogen (secondary N) is 1. The normalized spacial score (nSPS) is 12.6. The molecule has 2 atom stereocenters. The lowest BCUT2D eigenvalue weighted by molar-refractivity contribution is -0.140. The fraction of sp³-hybridized carbons (Fsp3) is 0.355. The molecule has 1 N–H and O–H groups in total. The fourth-order valence-corrected chi connectivity index (χ4v) is 6.33. The molecule has 0 unspecified atom stereocenters. The van der Waals surface area contributed by atoms with Gasteiger partial charge >= 0.3 is 0 Å². The first-order valence-corrected chi connectivity index (χ1v) is 16.1. The molecule has 0 aliphatic rings. The predicted octanol–water partition coefficient (Wildman–Crippen LogP) is 6.07. The Morgan fingerprint density at radius 1 is 0.932 bits per heavy atom. The number of carbonyl (C=O) groups is 2. The van der Waals surface area contributed by atoms with Gasteiger partial charge in [0.15, 0.2) is 11.5 Å². The monoisotopic (exact) mass is 667 g/mol. The summed E-state index contributed by atoms with van der Waals surface area (Å²) in [6, 6.07) is 12.4. The zero-order chi connectivity index (χ0) is 32.6. The van der Waals surface area contributed by atoms with E-state index in [0.29, 0.717) is 22.8 Å². The lowest BCUT2D eigenvalue weighted by atomic mass is 10.1. The minimum Gasteiger partial charge on any atom is -0.493 e. The van der Waals surface area contributed by atoms with Gasteiger partial charge in [-0.3, -0.25) is 13.9 Å². The second kappa shape index (κ2) is 15.5. The molecule has 3 rings (SSSR count). The van der Waals surface area contributed by atoms with Gasteiger partial charge in [0.25, 0.3) is 10.0 Å².